The largest absolute Gasteiger partial charge is 0.370 e. The topological polar surface area (TPSA) is 18.5 Å². The van der Waals surface area contributed by atoms with Crippen molar-refractivity contribution in [2.75, 3.05) is 32.1 Å². The molecule has 1 aliphatic heterocycles. The Morgan fingerprint density at radius 1 is 1.24 bits per heavy atom. The molecule has 0 radical (unpaired) electrons. The maximum atomic E-state index is 3.60. The summed E-state index contributed by atoms with van der Waals surface area (Å²) < 4.78 is 0. The lowest BCUT2D eigenvalue weighted by atomic mass is 10.0. The summed E-state index contributed by atoms with van der Waals surface area (Å²) in [5.74, 6) is 0. The third kappa shape index (κ3) is 3.78. The number of aryl methyl sites for hydroxylation is 1. The molecule has 3 nitrogen and oxygen atoms in total. The molecule has 1 heterocycles. The summed E-state index contributed by atoms with van der Waals surface area (Å²) in [4.78, 5) is 4.94. The average Bonchev–Trinajstić information content (AvgIpc) is 3.29. The second-order valence-electron chi connectivity index (χ2n) is 6.98. The van der Waals surface area contributed by atoms with Gasteiger partial charge in [0.25, 0.3) is 0 Å². The van der Waals surface area contributed by atoms with Crippen LogP contribution in [0.1, 0.15) is 36.8 Å². The lowest BCUT2D eigenvalue weighted by Gasteiger charge is -2.38. The maximum absolute atomic E-state index is 3.60. The van der Waals surface area contributed by atoms with Gasteiger partial charge in [-0.15, -0.1) is 0 Å². The first-order chi connectivity index (χ1) is 10.1. The van der Waals surface area contributed by atoms with Gasteiger partial charge in [-0.3, -0.25) is 0 Å². The van der Waals surface area contributed by atoms with Gasteiger partial charge in [0.05, 0.1) is 0 Å². The van der Waals surface area contributed by atoms with Gasteiger partial charge in [0.1, 0.15) is 0 Å². The molecule has 1 atom stereocenters. The molecule has 3 heteroatoms. The van der Waals surface area contributed by atoms with Crippen molar-refractivity contribution in [2.45, 2.75) is 51.2 Å². The van der Waals surface area contributed by atoms with Crippen LogP contribution in [0.25, 0.3) is 0 Å². The highest BCUT2D eigenvalue weighted by atomic mass is 15.2. The minimum Gasteiger partial charge on any atom is -0.370 e. The molecular weight excluding hydrogens is 258 g/mol. The Hall–Kier alpha value is -1.06. The van der Waals surface area contributed by atoms with E-state index in [0.717, 1.165) is 19.1 Å². The van der Waals surface area contributed by atoms with Crippen molar-refractivity contribution in [3.63, 3.8) is 0 Å². The fourth-order valence-electron chi connectivity index (χ4n) is 3.33. The van der Waals surface area contributed by atoms with Crippen LogP contribution >= 0.6 is 0 Å². The second-order valence-corrected chi connectivity index (χ2v) is 6.98. The molecule has 1 aromatic rings. The van der Waals surface area contributed by atoms with E-state index >= 15 is 0 Å². The number of benzene rings is 1. The van der Waals surface area contributed by atoms with E-state index in [1.165, 1.54) is 49.0 Å². The number of piperidine rings is 1. The molecule has 0 aromatic heterocycles. The molecule has 1 saturated carbocycles. The Kier molecular flexibility index (Phi) is 4.51. The number of hydrogen-bond acceptors (Lipinski definition) is 3. The van der Waals surface area contributed by atoms with E-state index in [-0.39, 0.29) is 0 Å². The zero-order chi connectivity index (χ0) is 14.8. The maximum Gasteiger partial charge on any atom is 0.0396 e. The van der Waals surface area contributed by atoms with Crippen LogP contribution in [0.4, 0.5) is 5.69 Å². The van der Waals surface area contributed by atoms with E-state index in [0.29, 0.717) is 6.04 Å². The molecule has 0 spiro atoms. The monoisotopic (exact) mass is 287 g/mol. The third-order valence-electron chi connectivity index (χ3n) is 4.90. The highest BCUT2D eigenvalue weighted by molar-refractivity contribution is 5.55. The number of anilines is 1. The molecule has 1 saturated heterocycles. The number of nitrogens with zero attached hydrogens (tertiary/aromatic N) is 2. The van der Waals surface area contributed by atoms with Crippen LogP contribution in [0, 0.1) is 6.92 Å². The van der Waals surface area contributed by atoms with Gasteiger partial charge in [0.15, 0.2) is 0 Å². The summed E-state index contributed by atoms with van der Waals surface area (Å²) in [5, 5.41) is 3.60. The molecule has 3 rings (SSSR count). The molecular formula is C18H29N3. The Morgan fingerprint density at radius 2 is 2.05 bits per heavy atom. The summed E-state index contributed by atoms with van der Waals surface area (Å²) in [6.45, 7) is 5.64. The molecule has 0 amide bonds. The summed E-state index contributed by atoms with van der Waals surface area (Å²) in [7, 11) is 4.40. The summed E-state index contributed by atoms with van der Waals surface area (Å²) in [6, 6.07) is 8.47. The Labute approximate surface area is 129 Å². The van der Waals surface area contributed by atoms with Gasteiger partial charge in [0.2, 0.25) is 0 Å². The molecule has 1 unspecified atom stereocenters. The van der Waals surface area contributed by atoms with Gasteiger partial charge in [-0.25, -0.2) is 0 Å². The Balaban J connectivity index is 1.66. The highest BCUT2D eigenvalue weighted by Crippen LogP contribution is 2.26. The van der Waals surface area contributed by atoms with Crippen molar-refractivity contribution in [1.82, 2.24) is 10.2 Å². The van der Waals surface area contributed by atoms with Crippen molar-refractivity contribution in [2.24, 2.45) is 0 Å². The molecule has 1 aliphatic carbocycles. The minimum atomic E-state index is 0.689. The lowest BCUT2D eigenvalue weighted by molar-refractivity contribution is 0.258. The zero-order valence-electron chi connectivity index (χ0n) is 13.7. The fourth-order valence-corrected chi connectivity index (χ4v) is 3.33. The standard InChI is InChI=1S/C18H29N3/c1-14-11-15(12-19-16-7-8-16)6-9-18(14)21-10-4-5-17(13-21)20(2)3/h6,9,11,16-17,19H,4-5,7-8,10,12-13H2,1-3H3. The first kappa shape index (κ1) is 14.9. The van der Waals surface area contributed by atoms with E-state index in [9.17, 15) is 0 Å². The van der Waals surface area contributed by atoms with Crippen LogP contribution in [-0.4, -0.2) is 44.2 Å². The number of hydrogen-bond donors (Lipinski definition) is 1. The SMILES string of the molecule is Cc1cc(CNC2CC2)ccc1N1CCCC(N(C)C)C1. The van der Waals surface area contributed by atoms with Crippen molar-refractivity contribution in [3.05, 3.63) is 29.3 Å². The highest BCUT2D eigenvalue weighted by Gasteiger charge is 2.23. The summed E-state index contributed by atoms with van der Waals surface area (Å²) in [5.41, 5.74) is 4.27. The fraction of sp³-hybridized carbons (Fsp3) is 0.667. The van der Waals surface area contributed by atoms with E-state index in [2.05, 4.69) is 54.3 Å². The third-order valence-corrected chi connectivity index (χ3v) is 4.90. The van der Waals surface area contributed by atoms with Crippen LogP contribution < -0.4 is 10.2 Å². The van der Waals surface area contributed by atoms with E-state index in [1.807, 2.05) is 0 Å². The van der Waals surface area contributed by atoms with Crippen molar-refractivity contribution >= 4 is 5.69 Å². The Morgan fingerprint density at radius 3 is 2.71 bits per heavy atom. The second kappa shape index (κ2) is 6.37. The number of likely N-dealkylation sites (N-methyl/N-ethyl adjacent to an activating group) is 1. The van der Waals surface area contributed by atoms with Crippen LogP contribution in [0.5, 0.6) is 0 Å². The first-order valence-corrected chi connectivity index (χ1v) is 8.38. The first-order valence-electron chi connectivity index (χ1n) is 8.38. The molecule has 21 heavy (non-hydrogen) atoms. The van der Waals surface area contributed by atoms with Gasteiger partial charge in [-0.2, -0.15) is 0 Å². The zero-order valence-corrected chi connectivity index (χ0v) is 13.7. The van der Waals surface area contributed by atoms with Crippen LogP contribution in [-0.2, 0) is 6.54 Å². The summed E-state index contributed by atoms with van der Waals surface area (Å²) in [6.07, 6.45) is 5.34. The number of rotatable bonds is 5. The van der Waals surface area contributed by atoms with Gasteiger partial charge >= 0.3 is 0 Å². The minimum absolute atomic E-state index is 0.689. The smallest absolute Gasteiger partial charge is 0.0396 e. The van der Waals surface area contributed by atoms with E-state index in [1.54, 1.807) is 0 Å². The average molecular weight is 287 g/mol. The molecule has 1 N–H and O–H groups in total. The Bertz CT molecular complexity index is 479. The van der Waals surface area contributed by atoms with Crippen molar-refractivity contribution in [1.29, 1.82) is 0 Å². The quantitative estimate of drug-likeness (QED) is 0.898. The van der Waals surface area contributed by atoms with Crippen LogP contribution in [0.3, 0.4) is 0 Å². The van der Waals surface area contributed by atoms with Crippen LogP contribution in [0.15, 0.2) is 18.2 Å². The van der Waals surface area contributed by atoms with E-state index < -0.39 is 0 Å². The molecule has 0 bridgehead atoms. The van der Waals surface area contributed by atoms with Crippen molar-refractivity contribution in [3.8, 4) is 0 Å². The normalized spacial score (nSPS) is 22.9. The molecule has 2 aliphatic rings. The summed E-state index contributed by atoms with van der Waals surface area (Å²) >= 11 is 0. The predicted molar refractivity (Wildman–Crippen MR) is 90.0 cm³/mol. The van der Waals surface area contributed by atoms with E-state index in [4.69, 9.17) is 0 Å². The number of nitrogens with one attached hydrogen (secondary N) is 1. The van der Waals surface area contributed by atoms with Gasteiger partial charge in [-0.05, 0) is 63.9 Å². The van der Waals surface area contributed by atoms with Gasteiger partial charge in [-0.1, -0.05) is 12.1 Å². The molecule has 2 fully saturated rings. The van der Waals surface area contributed by atoms with Crippen molar-refractivity contribution < 1.29 is 0 Å². The lowest BCUT2D eigenvalue weighted by Crippen LogP contribution is -2.45. The van der Waals surface area contributed by atoms with Gasteiger partial charge in [0, 0.05) is 37.4 Å². The molecule has 1 aromatic carbocycles. The molecule has 116 valence electrons. The predicted octanol–water partition coefficient (Wildman–Crippen LogP) is 2.78. The van der Waals surface area contributed by atoms with Gasteiger partial charge < -0.3 is 15.1 Å². The van der Waals surface area contributed by atoms with Crippen LogP contribution in [0.2, 0.25) is 0 Å².